The van der Waals surface area contributed by atoms with Gasteiger partial charge in [-0.15, -0.1) is 0 Å². The van der Waals surface area contributed by atoms with Gasteiger partial charge in [0.25, 0.3) is 11.8 Å². The van der Waals surface area contributed by atoms with Gasteiger partial charge in [0.05, 0.1) is 5.69 Å². The summed E-state index contributed by atoms with van der Waals surface area (Å²) >= 11 is 0. The quantitative estimate of drug-likeness (QED) is 0.842. The molecule has 1 aliphatic rings. The van der Waals surface area contributed by atoms with E-state index in [0.717, 1.165) is 30.6 Å². The van der Waals surface area contributed by atoms with Crippen molar-refractivity contribution in [1.82, 2.24) is 14.9 Å². The fourth-order valence-electron chi connectivity index (χ4n) is 3.47. The lowest BCUT2D eigenvalue weighted by molar-refractivity contribution is 0.0937. The van der Waals surface area contributed by atoms with Crippen LogP contribution in [-0.2, 0) is 18.4 Å². The molecule has 6 nitrogen and oxygen atoms in total. The number of anilines is 1. The first-order valence-corrected chi connectivity index (χ1v) is 9.99. The molecule has 2 aromatic rings. The van der Waals surface area contributed by atoms with Gasteiger partial charge in [0, 0.05) is 18.3 Å². The van der Waals surface area contributed by atoms with E-state index in [1.165, 1.54) is 5.56 Å². The van der Waals surface area contributed by atoms with Crippen molar-refractivity contribution >= 4 is 17.5 Å². The predicted molar refractivity (Wildman–Crippen MR) is 111 cm³/mol. The van der Waals surface area contributed by atoms with Crippen LogP contribution < -0.4 is 10.6 Å². The minimum absolute atomic E-state index is 0.0204. The molecule has 0 aliphatic carbocycles. The molecule has 150 valence electrons. The van der Waals surface area contributed by atoms with E-state index < -0.39 is 0 Å². The minimum Gasteiger partial charge on any atom is -0.348 e. The van der Waals surface area contributed by atoms with Gasteiger partial charge in [-0.2, -0.15) is 0 Å². The first kappa shape index (κ1) is 20.1. The van der Waals surface area contributed by atoms with Crippen molar-refractivity contribution in [2.75, 3.05) is 5.32 Å². The van der Waals surface area contributed by atoms with E-state index in [0.29, 0.717) is 18.1 Å². The van der Waals surface area contributed by atoms with E-state index >= 15 is 0 Å². The van der Waals surface area contributed by atoms with Crippen LogP contribution in [0.5, 0.6) is 0 Å². The number of aromatic nitrogens is 2. The highest BCUT2D eigenvalue weighted by molar-refractivity contribution is 6.03. The Bertz CT molecular complexity index is 873. The van der Waals surface area contributed by atoms with Crippen molar-refractivity contribution in [2.24, 2.45) is 0 Å². The van der Waals surface area contributed by atoms with Gasteiger partial charge in [0.1, 0.15) is 5.69 Å². The standard InChI is InChI=1S/C22H30N4O2/c1-14(2)23-20(27)18-17-8-6-7-13-26(17)19(25-18)21(28)24-16-11-9-15(10-12-16)22(3,4)5/h9-12,14H,6-8,13H2,1-5H3,(H,23,27)(H,24,28). The molecule has 0 unspecified atom stereocenters. The van der Waals surface area contributed by atoms with Gasteiger partial charge in [-0.05, 0) is 56.2 Å². The molecule has 0 spiro atoms. The molecule has 2 heterocycles. The SMILES string of the molecule is CC(C)NC(=O)c1nc(C(=O)Nc2ccc(C(C)(C)C)cc2)n2c1CCCC2. The number of nitrogens with one attached hydrogen (secondary N) is 2. The zero-order chi connectivity index (χ0) is 20.5. The molecule has 1 aromatic carbocycles. The fraction of sp³-hybridized carbons (Fsp3) is 0.500. The third-order valence-electron chi connectivity index (χ3n) is 4.96. The first-order chi connectivity index (χ1) is 13.2. The summed E-state index contributed by atoms with van der Waals surface area (Å²) in [5, 5.41) is 5.81. The number of imidazole rings is 1. The number of fused-ring (bicyclic) bond motifs is 1. The van der Waals surface area contributed by atoms with Crippen LogP contribution in [0.3, 0.4) is 0 Å². The Hall–Kier alpha value is -2.63. The molecule has 0 fully saturated rings. The second-order valence-electron chi connectivity index (χ2n) is 8.75. The van der Waals surface area contributed by atoms with Crippen LogP contribution in [0.2, 0.25) is 0 Å². The molecule has 1 aromatic heterocycles. The number of hydrogen-bond acceptors (Lipinski definition) is 3. The van der Waals surface area contributed by atoms with Gasteiger partial charge in [0.15, 0.2) is 5.82 Å². The summed E-state index contributed by atoms with van der Waals surface area (Å²) in [4.78, 5) is 29.9. The Labute approximate surface area is 166 Å². The largest absolute Gasteiger partial charge is 0.348 e. The molecule has 2 amide bonds. The first-order valence-electron chi connectivity index (χ1n) is 9.99. The Morgan fingerprint density at radius 2 is 1.75 bits per heavy atom. The molecule has 0 radical (unpaired) electrons. The summed E-state index contributed by atoms with van der Waals surface area (Å²) < 4.78 is 1.90. The van der Waals surface area contributed by atoms with Gasteiger partial charge in [-0.25, -0.2) is 4.98 Å². The summed E-state index contributed by atoms with van der Waals surface area (Å²) in [5.41, 5.74) is 3.22. The topological polar surface area (TPSA) is 76.0 Å². The zero-order valence-corrected chi connectivity index (χ0v) is 17.4. The van der Waals surface area contributed by atoms with E-state index in [4.69, 9.17) is 0 Å². The number of benzene rings is 1. The van der Waals surface area contributed by atoms with Crippen LogP contribution in [0.4, 0.5) is 5.69 Å². The molecule has 0 saturated heterocycles. The van der Waals surface area contributed by atoms with Crippen molar-refractivity contribution in [3.63, 3.8) is 0 Å². The lowest BCUT2D eigenvalue weighted by atomic mass is 9.87. The van der Waals surface area contributed by atoms with E-state index in [1.807, 2.05) is 42.7 Å². The number of rotatable bonds is 4. The van der Waals surface area contributed by atoms with E-state index in [-0.39, 0.29) is 23.3 Å². The average Bonchev–Trinajstić information content (AvgIpc) is 3.01. The highest BCUT2D eigenvalue weighted by atomic mass is 16.2. The minimum atomic E-state index is -0.282. The molecule has 28 heavy (non-hydrogen) atoms. The van der Waals surface area contributed by atoms with E-state index in [9.17, 15) is 9.59 Å². The predicted octanol–water partition coefficient (Wildman–Crippen LogP) is 3.91. The average molecular weight is 383 g/mol. The molecule has 1 aliphatic heterocycles. The molecule has 0 atom stereocenters. The number of nitrogens with zero attached hydrogens (tertiary/aromatic N) is 2. The monoisotopic (exact) mass is 382 g/mol. The van der Waals surface area contributed by atoms with Crippen molar-refractivity contribution in [1.29, 1.82) is 0 Å². The molecular formula is C22H30N4O2. The number of carbonyl (C=O) groups is 2. The van der Waals surface area contributed by atoms with Crippen LogP contribution in [0.15, 0.2) is 24.3 Å². The smallest absolute Gasteiger partial charge is 0.291 e. The lowest BCUT2D eigenvalue weighted by Crippen LogP contribution is -2.31. The molecular weight excluding hydrogens is 352 g/mol. The maximum absolute atomic E-state index is 12.9. The fourth-order valence-corrected chi connectivity index (χ4v) is 3.47. The van der Waals surface area contributed by atoms with Crippen LogP contribution in [0, 0.1) is 0 Å². The summed E-state index contributed by atoms with van der Waals surface area (Å²) in [7, 11) is 0. The third kappa shape index (κ3) is 4.26. The molecule has 6 heteroatoms. The Balaban J connectivity index is 1.85. The van der Waals surface area contributed by atoms with Crippen molar-refractivity contribution < 1.29 is 9.59 Å². The van der Waals surface area contributed by atoms with Crippen LogP contribution in [0.25, 0.3) is 0 Å². The highest BCUT2D eigenvalue weighted by Crippen LogP contribution is 2.25. The van der Waals surface area contributed by atoms with Crippen LogP contribution >= 0.6 is 0 Å². The van der Waals surface area contributed by atoms with Crippen molar-refractivity contribution in [3.05, 3.63) is 47.0 Å². The van der Waals surface area contributed by atoms with Gasteiger partial charge in [-0.3, -0.25) is 9.59 Å². The van der Waals surface area contributed by atoms with Gasteiger partial charge in [0.2, 0.25) is 0 Å². The van der Waals surface area contributed by atoms with Crippen molar-refractivity contribution in [2.45, 2.75) is 71.9 Å². The normalized spacial score (nSPS) is 13.9. The Morgan fingerprint density at radius 1 is 1.07 bits per heavy atom. The van der Waals surface area contributed by atoms with Gasteiger partial charge < -0.3 is 15.2 Å². The Morgan fingerprint density at radius 3 is 2.36 bits per heavy atom. The third-order valence-corrected chi connectivity index (χ3v) is 4.96. The summed E-state index contributed by atoms with van der Waals surface area (Å²) in [6.07, 6.45) is 2.75. The second-order valence-corrected chi connectivity index (χ2v) is 8.75. The molecule has 2 N–H and O–H groups in total. The van der Waals surface area contributed by atoms with Crippen LogP contribution in [0.1, 0.15) is 79.8 Å². The number of amides is 2. The van der Waals surface area contributed by atoms with Crippen LogP contribution in [-0.4, -0.2) is 27.4 Å². The van der Waals surface area contributed by atoms with E-state index in [1.54, 1.807) is 0 Å². The molecule has 0 bridgehead atoms. The summed E-state index contributed by atoms with van der Waals surface area (Å²) in [5.74, 6) is -0.187. The van der Waals surface area contributed by atoms with Gasteiger partial charge in [-0.1, -0.05) is 32.9 Å². The second kappa shape index (κ2) is 7.78. The number of hydrogen-bond donors (Lipinski definition) is 2. The van der Waals surface area contributed by atoms with E-state index in [2.05, 4.69) is 36.4 Å². The molecule has 0 saturated carbocycles. The Kier molecular flexibility index (Phi) is 5.59. The molecule has 3 rings (SSSR count). The highest BCUT2D eigenvalue weighted by Gasteiger charge is 2.27. The summed E-state index contributed by atoms with van der Waals surface area (Å²) in [6, 6.07) is 7.89. The van der Waals surface area contributed by atoms with Gasteiger partial charge >= 0.3 is 0 Å². The maximum atomic E-state index is 12.9. The summed E-state index contributed by atoms with van der Waals surface area (Å²) in [6.45, 7) is 11.0. The zero-order valence-electron chi connectivity index (χ0n) is 17.4. The maximum Gasteiger partial charge on any atom is 0.291 e. The van der Waals surface area contributed by atoms with Crippen molar-refractivity contribution in [3.8, 4) is 0 Å². The number of carbonyl (C=O) groups excluding carboxylic acids is 2. The lowest BCUT2D eigenvalue weighted by Gasteiger charge is -2.19.